The van der Waals surface area contributed by atoms with Crippen molar-refractivity contribution in [1.29, 1.82) is 0 Å². The molecule has 3 N–H and O–H groups in total. The summed E-state index contributed by atoms with van der Waals surface area (Å²) in [6.45, 7) is 0. The summed E-state index contributed by atoms with van der Waals surface area (Å²) >= 11 is 1.22. The summed E-state index contributed by atoms with van der Waals surface area (Å²) in [7, 11) is -3.81. The van der Waals surface area contributed by atoms with E-state index in [0.717, 1.165) is 30.8 Å². The molecule has 0 spiro atoms. The molecule has 1 aliphatic rings. The molecule has 1 saturated carbocycles. The molecule has 7 nitrogen and oxygen atoms in total. The van der Waals surface area contributed by atoms with E-state index in [-0.39, 0.29) is 10.6 Å². The lowest BCUT2D eigenvalue weighted by atomic mass is 10.3. The molecule has 106 valence electrons. The largest absolute Gasteiger partial charge is 0.477 e. The van der Waals surface area contributed by atoms with Crippen molar-refractivity contribution in [2.45, 2.75) is 23.7 Å². The Hall–Kier alpha value is -1.87. The minimum atomic E-state index is -3.81. The fourth-order valence-corrected chi connectivity index (χ4v) is 3.76. The molecule has 0 atom stereocenters. The van der Waals surface area contributed by atoms with Crippen LogP contribution >= 0.6 is 11.3 Å². The van der Waals surface area contributed by atoms with Gasteiger partial charge in [0.25, 0.3) is 10.0 Å². The second-order valence-corrected chi connectivity index (χ2v) is 7.05. The summed E-state index contributed by atoms with van der Waals surface area (Å²) in [6.07, 6.45) is 3.33. The minimum Gasteiger partial charge on any atom is -0.477 e. The van der Waals surface area contributed by atoms with E-state index in [0.29, 0.717) is 11.0 Å². The summed E-state index contributed by atoms with van der Waals surface area (Å²) < 4.78 is 26.5. The molecule has 2 aromatic rings. The number of hydrogen-bond acceptors (Lipinski definition) is 5. The summed E-state index contributed by atoms with van der Waals surface area (Å²) in [5.74, 6) is -0.757. The van der Waals surface area contributed by atoms with Gasteiger partial charge in [-0.25, -0.2) is 18.2 Å². The van der Waals surface area contributed by atoms with E-state index < -0.39 is 16.0 Å². The molecule has 3 rings (SSSR count). The molecule has 0 saturated heterocycles. The molecule has 0 unspecified atom stereocenters. The van der Waals surface area contributed by atoms with E-state index in [2.05, 4.69) is 14.7 Å². The highest BCUT2D eigenvalue weighted by molar-refractivity contribution is 7.93. The maximum Gasteiger partial charge on any atom is 0.352 e. The number of nitrogens with zero attached hydrogens (tertiary/aromatic N) is 1. The molecular formula is C11H11N3O4S2. The van der Waals surface area contributed by atoms with Gasteiger partial charge in [0, 0.05) is 17.5 Å². The fraction of sp³-hybridized carbons (Fsp3) is 0.273. The summed E-state index contributed by atoms with van der Waals surface area (Å²) in [6, 6.07) is 1.07. The van der Waals surface area contributed by atoms with Crippen molar-refractivity contribution in [3.8, 4) is 0 Å². The van der Waals surface area contributed by atoms with Crippen LogP contribution in [-0.4, -0.2) is 29.5 Å². The number of sulfonamides is 1. The van der Waals surface area contributed by atoms with Gasteiger partial charge in [-0.1, -0.05) is 0 Å². The maximum atomic E-state index is 12.1. The monoisotopic (exact) mass is 313 g/mol. The second-order valence-electron chi connectivity index (χ2n) is 4.51. The number of carbonyl (C=O) groups is 1. The lowest BCUT2D eigenvalue weighted by Crippen LogP contribution is -2.12. The van der Waals surface area contributed by atoms with Crippen molar-refractivity contribution in [1.82, 2.24) is 9.97 Å². The Morgan fingerprint density at radius 2 is 2.25 bits per heavy atom. The lowest BCUT2D eigenvalue weighted by molar-refractivity contribution is 0.0691. The third-order valence-corrected chi connectivity index (χ3v) is 5.16. The van der Waals surface area contributed by atoms with Gasteiger partial charge >= 0.3 is 5.97 Å². The van der Waals surface area contributed by atoms with Crippen LogP contribution in [0.15, 0.2) is 22.5 Å². The number of rotatable bonds is 5. The molecule has 0 aromatic carbocycles. The Bertz CT molecular complexity index is 758. The van der Waals surface area contributed by atoms with Crippen molar-refractivity contribution in [2.75, 3.05) is 4.72 Å². The Balaban J connectivity index is 1.81. The van der Waals surface area contributed by atoms with Gasteiger partial charge in [-0.3, -0.25) is 4.72 Å². The molecule has 2 heterocycles. The number of anilines is 1. The van der Waals surface area contributed by atoms with E-state index >= 15 is 0 Å². The van der Waals surface area contributed by atoms with E-state index in [1.54, 1.807) is 0 Å². The highest BCUT2D eigenvalue weighted by Gasteiger charge is 2.27. The maximum absolute atomic E-state index is 12.1. The van der Waals surface area contributed by atoms with Crippen molar-refractivity contribution >= 4 is 32.5 Å². The normalized spacial score (nSPS) is 15.2. The smallest absolute Gasteiger partial charge is 0.352 e. The molecule has 20 heavy (non-hydrogen) atoms. The van der Waals surface area contributed by atoms with Crippen LogP contribution in [0.25, 0.3) is 0 Å². The van der Waals surface area contributed by atoms with Crippen LogP contribution in [0.1, 0.15) is 34.9 Å². The quantitative estimate of drug-likeness (QED) is 0.780. The van der Waals surface area contributed by atoms with Crippen molar-refractivity contribution in [2.24, 2.45) is 0 Å². The molecule has 0 amide bonds. The average Bonchev–Trinajstić information content (AvgIpc) is 2.91. The third-order valence-electron chi connectivity index (χ3n) is 2.94. The van der Waals surface area contributed by atoms with Gasteiger partial charge in [0.05, 0.1) is 5.69 Å². The lowest BCUT2D eigenvalue weighted by Gasteiger charge is -2.01. The van der Waals surface area contributed by atoms with Crippen LogP contribution in [0.5, 0.6) is 0 Å². The van der Waals surface area contributed by atoms with Gasteiger partial charge < -0.3 is 10.1 Å². The van der Waals surface area contributed by atoms with E-state index in [1.165, 1.54) is 11.3 Å². The number of aromatic amines is 1. The van der Waals surface area contributed by atoms with Crippen LogP contribution in [0.3, 0.4) is 0 Å². The van der Waals surface area contributed by atoms with Gasteiger partial charge in [0.1, 0.15) is 10.6 Å². The Morgan fingerprint density at radius 1 is 1.50 bits per heavy atom. The molecule has 0 aliphatic heterocycles. The SMILES string of the molecule is O=C(O)c1cc(S(=O)(=O)Nc2nc(C3CC3)cs2)c[nH]1. The average molecular weight is 313 g/mol. The summed E-state index contributed by atoms with van der Waals surface area (Å²) in [4.78, 5) is 17.2. The third kappa shape index (κ3) is 2.54. The van der Waals surface area contributed by atoms with Gasteiger partial charge in [0.2, 0.25) is 0 Å². The first-order valence-corrected chi connectivity index (χ1v) is 8.22. The van der Waals surface area contributed by atoms with Crippen molar-refractivity contribution < 1.29 is 18.3 Å². The van der Waals surface area contributed by atoms with E-state index in [9.17, 15) is 13.2 Å². The van der Waals surface area contributed by atoms with Gasteiger partial charge in [0.15, 0.2) is 5.13 Å². The molecular weight excluding hydrogens is 302 g/mol. The number of hydrogen-bond donors (Lipinski definition) is 3. The van der Waals surface area contributed by atoms with E-state index in [4.69, 9.17) is 5.11 Å². The van der Waals surface area contributed by atoms with Crippen LogP contribution in [0, 0.1) is 0 Å². The Morgan fingerprint density at radius 3 is 2.85 bits per heavy atom. The molecule has 0 bridgehead atoms. The predicted octanol–water partition coefficient (Wildman–Crippen LogP) is 1.85. The highest BCUT2D eigenvalue weighted by atomic mass is 32.2. The zero-order valence-corrected chi connectivity index (χ0v) is 11.8. The second kappa shape index (κ2) is 4.60. The van der Waals surface area contributed by atoms with Crippen LogP contribution < -0.4 is 4.72 Å². The number of H-pyrrole nitrogens is 1. The van der Waals surface area contributed by atoms with Crippen LogP contribution in [-0.2, 0) is 10.0 Å². The molecule has 1 aliphatic carbocycles. The zero-order valence-electron chi connectivity index (χ0n) is 10.2. The number of thiazole rings is 1. The molecule has 1 fully saturated rings. The van der Waals surface area contributed by atoms with Crippen molar-refractivity contribution in [3.63, 3.8) is 0 Å². The number of carboxylic acid groups (broad SMARTS) is 1. The van der Waals surface area contributed by atoms with Crippen molar-refractivity contribution in [3.05, 3.63) is 29.0 Å². The summed E-state index contributed by atoms with van der Waals surface area (Å²) in [5.41, 5.74) is 0.733. The number of nitrogens with one attached hydrogen (secondary N) is 2. The van der Waals surface area contributed by atoms with Crippen LogP contribution in [0.2, 0.25) is 0 Å². The molecule has 2 aromatic heterocycles. The van der Waals surface area contributed by atoms with Gasteiger partial charge in [-0.15, -0.1) is 11.3 Å². The van der Waals surface area contributed by atoms with Crippen LogP contribution in [0.4, 0.5) is 5.13 Å². The van der Waals surface area contributed by atoms with E-state index in [1.807, 2.05) is 5.38 Å². The Labute approximate surface area is 118 Å². The molecule has 0 radical (unpaired) electrons. The number of carboxylic acids is 1. The topological polar surface area (TPSA) is 112 Å². The Kier molecular flexibility index (Phi) is 3.02. The predicted molar refractivity (Wildman–Crippen MR) is 72.6 cm³/mol. The first kappa shape index (κ1) is 13.1. The fourth-order valence-electron chi connectivity index (χ4n) is 1.73. The first-order valence-electron chi connectivity index (χ1n) is 5.85. The standard InChI is InChI=1S/C11H11N3O4S2/c15-10(16)8-3-7(4-12-8)20(17,18)14-11-13-9(5-19-11)6-1-2-6/h3-6,12H,1-2H2,(H,13,14)(H,15,16). The van der Waals surface area contributed by atoms with Gasteiger partial charge in [-0.05, 0) is 18.9 Å². The first-order chi connectivity index (χ1) is 9.45. The highest BCUT2D eigenvalue weighted by Crippen LogP contribution is 2.41. The number of aromatic nitrogens is 2. The zero-order chi connectivity index (χ0) is 14.3. The minimum absolute atomic E-state index is 0.127. The van der Waals surface area contributed by atoms with Gasteiger partial charge in [-0.2, -0.15) is 0 Å². The number of aromatic carboxylic acids is 1. The summed E-state index contributed by atoms with van der Waals surface area (Å²) in [5, 5.41) is 10.9. The molecule has 9 heteroatoms.